The molecule has 1 heterocycles. The second kappa shape index (κ2) is 6.27. The predicted octanol–water partition coefficient (Wildman–Crippen LogP) is 0.795. The lowest BCUT2D eigenvalue weighted by Crippen LogP contribution is -2.32. The summed E-state index contributed by atoms with van der Waals surface area (Å²) in [7, 11) is 1.47. The third kappa shape index (κ3) is 3.20. The van der Waals surface area contributed by atoms with Gasteiger partial charge in [0.2, 0.25) is 5.91 Å². The van der Waals surface area contributed by atoms with Gasteiger partial charge in [0.15, 0.2) is 18.1 Å². The molecule has 0 saturated carbocycles. The molecule has 2 rings (SSSR count). The Morgan fingerprint density at radius 2 is 1.95 bits per heavy atom. The first-order valence-electron chi connectivity index (χ1n) is 6.50. The van der Waals surface area contributed by atoms with Gasteiger partial charge >= 0.3 is 0 Å². The van der Waals surface area contributed by atoms with Crippen LogP contribution in [0.15, 0.2) is 18.2 Å². The van der Waals surface area contributed by atoms with E-state index in [1.165, 1.54) is 13.2 Å². The monoisotopic (exact) mass is 278 g/mol. The van der Waals surface area contributed by atoms with Crippen LogP contribution in [0.1, 0.15) is 23.2 Å². The quantitative estimate of drug-likeness (QED) is 0.863. The molecule has 6 heteroatoms. The van der Waals surface area contributed by atoms with Crippen LogP contribution in [0.4, 0.5) is 0 Å². The van der Waals surface area contributed by atoms with Gasteiger partial charge in [0, 0.05) is 18.7 Å². The van der Waals surface area contributed by atoms with Crippen LogP contribution in [-0.4, -0.2) is 43.5 Å². The van der Waals surface area contributed by atoms with E-state index in [2.05, 4.69) is 0 Å². The molecule has 2 amide bonds. The van der Waals surface area contributed by atoms with Crippen molar-refractivity contribution in [2.24, 2.45) is 5.73 Å². The average Bonchev–Trinajstić information content (AvgIpc) is 2.98. The minimum absolute atomic E-state index is 0.0354. The Hall–Kier alpha value is -2.24. The Bertz CT molecular complexity index is 510. The first-order valence-corrected chi connectivity index (χ1v) is 6.50. The summed E-state index contributed by atoms with van der Waals surface area (Å²) in [5, 5.41) is 0. The second-order valence-corrected chi connectivity index (χ2v) is 4.61. The number of carbonyl (C=O) groups excluding carboxylic acids is 2. The van der Waals surface area contributed by atoms with Crippen LogP contribution in [0.5, 0.6) is 11.5 Å². The molecule has 0 unspecified atom stereocenters. The van der Waals surface area contributed by atoms with E-state index in [0.717, 1.165) is 25.9 Å². The molecule has 108 valence electrons. The highest BCUT2D eigenvalue weighted by Crippen LogP contribution is 2.28. The molecule has 20 heavy (non-hydrogen) atoms. The highest BCUT2D eigenvalue weighted by Gasteiger charge is 2.19. The highest BCUT2D eigenvalue weighted by molar-refractivity contribution is 5.93. The van der Waals surface area contributed by atoms with Crippen LogP contribution in [0.25, 0.3) is 0 Å². The number of nitrogens with two attached hydrogens (primary N) is 1. The zero-order chi connectivity index (χ0) is 14.5. The number of rotatable bonds is 5. The maximum absolute atomic E-state index is 11.9. The number of methoxy groups -OCH3 is 1. The highest BCUT2D eigenvalue weighted by atomic mass is 16.5. The van der Waals surface area contributed by atoms with E-state index in [4.69, 9.17) is 15.2 Å². The van der Waals surface area contributed by atoms with Crippen molar-refractivity contribution in [1.82, 2.24) is 4.90 Å². The largest absolute Gasteiger partial charge is 0.493 e. The molecule has 1 aromatic rings. The van der Waals surface area contributed by atoms with E-state index in [1.807, 2.05) is 0 Å². The summed E-state index contributed by atoms with van der Waals surface area (Å²) in [6.45, 7) is 1.55. The first-order chi connectivity index (χ1) is 9.61. The van der Waals surface area contributed by atoms with Gasteiger partial charge in [-0.25, -0.2) is 0 Å². The Balaban J connectivity index is 2.01. The van der Waals surface area contributed by atoms with Crippen LogP contribution >= 0.6 is 0 Å². The second-order valence-electron chi connectivity index (χ2n) is 4.61. The zero-order valence-corrected chi connectivity index (χ0v) is 11.4. The molecule has 1 aromatic carbocycles. The molecule has 1 fully saturated rings. The smallest absolute Gasteiger partial charge is 0.260 e. The average molecular weight is 278 g/mol. The minimum atomic E-state index is -0.539. The minimum Gasteiger partial charge on any atom is -0.493 e. The lowest BCUT2D eigenvalue weighted by molar-refractivity contribution is -0.132. The number of hydrogen-bond acceptors (Lipinski definition) is 4. The summed E-state index contributed by atoms with van der Waals surface area (Å²) in [4.78, 5) is 24.7. The number of hydrogen-bond donors (Lipinski definition) is 1. The van der Waals surface area contributed by atoms with Gasteiger partial charge in [0.25, 0.3) is 5.91 Å². The molecule has 0 atom stereocenters. The molecule has 6 nitrogen and oxygen atoms in total. The molecule has 1 aliphatic rings. The van der Waals surface area contributed by atoms with Gasteiger partial charge in [-0.05, 0) is 31.0 Å². The fourth-order valence-electron chi connectivity index (χ4n) is 2.14. The van der Waals surface area contributed by atoms with Crippen LogP contribution in [0.2, 0.25) is 0 Å². The van der Waals surface area contributed by atoms with E-state index >= 15 is 0 Å². The van der Waals surface area contributed by atoms with E-state index in [0.29, 0.717) is 17.1 Å². The molecule has 0 aromatic heterocycles. The predicted molar refractivity (Wildman–Crippen MR) is 72.8 cm³/mol. The van der Waals surface area contributed by atoms with Crippen LogP contribution in [0.3, 0.4) is 0 Å². The van der Waals surface area contributed by atoms with Crippen molar-refractivity contribution in [2.45, 2.75) is 12.8 Å². The van der Waals surface area contributed by atoms with Crippen molar-refractivity contribution in [1.29, 1.82) is 0 Å². The van der Waals surface area contributed by atoms with Gasteiger partial charge in [0.05, 0.1) is 7.11 Å². The molecular weight excluding hydrogens is 260 g/mol. The fraction of sp³-hybridized carbons (Fsp3) is 0.429. The topological polar surface area (TPSA) is 81.9 Å². The van der Waals surface area contributed by atoms with Gasteiger partial charge < -0.3 is 20.1 Å². The van der Waals surface area contributed by atoms with Crippen LogP contribution in [0, 0.1) is 0 Å². The maximum Gasteiger partial charge on any atom is 0.260 e. The number of carbonyl (C=O) groups is 2. The van der Waals surface area contributed by atoms with Crippen molar-refractivity contribution < 1.29 is 19.1 Å². The van der Waals surface area contributed by atoms with Crippen molar-refractivity contribution in [3.63, 3.8) is 0 Å². The van der Waals surface area contributed by atoms with Crippen LogP contribution in [-0.2, 0) is 4.79 Å². The molecule has 1 saturated heterocycles. The number of amides is 2. The summed E-state index contributed by atoms with van der Waals surface area (Å²) in [6.07, 6.45) is 2.09. The molecule has 1 aliphatic heterocycles. The van der Waals surface area contributed by atoms with Crippen molar-refractivity contribution in [2.75, 3.05) is 26.8 Å². The summed E-state index contributed by atoms with van der Waals surface area (Å²) >= 11 is 0. The van der Waals surface area contributed by atoms with Gasteiger partial charge in [-0.2, -0.15) is 0 Å². The third-order valence-electron chi connectivity index (χ3n) is 3.26. The van der Waals surface area contributed by atoms with E-state index in [-0.39, 0.29) is 12.5 Å². The first kappa shape index (κ1) is 14.2. The Morgan fingerprint density at radius 3 is 2.55 bits per heavy atom. The van der Waals surface area contributed by atoms with E-state index in [1.54, 1.807) is 17.0 Å². The summed E-state index contributed by atoms with van der Waals surface area (Å²) < 4.78 is 10.6. The summed E-state index contributed by atoms with van der Waals surface area (Å²) in [6, 6.07) is 4.62. The zero-order valence-electron chi connectivity index (χ0n) is 11.4. The number of nitrogens with zero attached hydrogens (tertiary/aromatic N) is 1. The van der Waals surface area contributed by atoms with Crippen LogP contribution < -0.4 is 15.2 Å². The SMILES string of the molecule is COc1cc(C(N)=O)ccc1OCC(=O)N1CCCC1. The van der Waals surface area contributed by atoms with Gasteiger partial charge in [0.1, 0.15) is 0 Å². The Morgan fingerprint density at radius 1 is 1.25 bits per heavy atom. The van der Waals surface area contributed by atoms with Gasteiger partial charge in [-0.15, -0.1) is 0 Å². The molecule has 0 bridgehead atoms. The standard InChI is InChI=1S/C14H18N2O4/c1-19-12-8-10(14(15)18)4-5-11(12)20-9-13(17)16-6-2-3-7-16/h4-5,8H,2-3,6-7,9H2,1H3,(H2,15,18). The van der Waals surface area contributed by atoms with Crippen molar-refractivity contribution in [3.05, 3.63) is 23.8 Å². The van der Waals surface area contributed by atoms with E-state index < -0.39 is 5.91 Å². The number of likely N-dealkylation sites (tertiary alicyclic amines) is 1. The molecular formula is C14H18N2O4. The summed E-state index contributed by atoms with van der Waals surface area (Å²) in [5.41, 5.74) is 5.53. The maximum atomic E-state index is 11.9. The molecule has 0 spiro atoms. The molecule has 2 N–H and O–H groups in total. The lowest BCUT2D eigenvalue weighted by atomic mass is 10.2. The fourth-order valence-corrected chi connectivity index (χ4v) is 2.14. The lowest BCUT2D eigenvalue weighted by Gasteiger charge is -2.16. The van der Waals surface area contributed by atoms with Gasteiger partial charge in [-0.1, -0.05) is 0 Å². The van der Waals surface area contributed by atoms with Gasteiger partial charge in [-0.3, -0.25) is 9.59 Å². The Labute approximate surface area is 117 Å². The third-order valence-corrected chi connectivity index (χ3v) is 3.26. The number of ether oxygens (including phenoxy) is 2. The summed E-state index contributed by atoms with van der Waals surface area (Å²) in [5.74, 6) is 0.229. The molecule has 0 aliphatic carbocycles. The number of benzene rings is 1. The molecule has 0 radical (unpaired) electrons. The number of primary amides is 1. The van der Waals surface area contributed by atoms with Crippen molar-refractivity contribution >= 4 is 11.8 Å². The Kier molecular flexibility index (Phi) is 4.45. The van der Waals surface area contributed by atoms with Crippen molar-refractivity contribution in [3.8, 4) is 11.5 Å². The van der Waals surface area contributed by atoms with E-state index in [9.17, 15) is 9.59 Å². The normalized spacial score (nSPS) is 14.2.